The Kier molecular flexibility index (Phi) is 3.13. The number of nitrogens with two attached hydrogens (primary N) is 1. The summed E-state index contributed by atoms with van der Waals surface area (Å²) < 4.78 is 5.58. The molecule has 0 unspecified atom stereocenters. The largest absolute Gasteiger partial charge is 0.494 e. The molecule has 0 aliphatic heterocycles. The number of carbonyl (C=O) groups excluding carboxylic acids is 1. The van der Waals surface area contributed by atoms with E-state index in [0.717, 1.165) is 24.7 Å². The maximum Gasteiger partial charge on any atom is 0.161 e. The van der Waals surface area contributed by atoms with Crippen molar-refractivity contribution in [2.45, 2.75) is 26.2 Å². The van der Waals surface area contributed by atoms with Crippen molar-refractivity contribution in [2.24, 2.45) is 5.92 Å². The topological polar surface area (TPSA) is 52.3 Å². The van der Waals surface area contributed by atoms with Crippen molar-refractivity contribution in [1.29, 1.82) is 0 Å². The van der Waals surface area contributed by atoms with Gasteiger partial charge in [0, 0.05) is 17.3 Å². The van der Waals surface area contributed by atoms with Gasteiger partial charge in [0.2, 0.25) is 0 Å². The van der Waals surface area contributed by atoms with Crippen molar-refractivity contribution < 1.29 is 9.53 Å². The highest BCUT2D eigenvalue weighted by Gasteiger charge is 2.20. The summed E-state index contributed by atoms with van der Waals surface area (Å²) in [5, 5.41) is 0. The molecule has 1 aromatic carbocycles. The summed E-state index contributed by atoms with van der Waals surface area (Å²) in [7, 11) is 0. The van der Waals surface area contributed by atoms with Gasteiger partial charge in [0.05, 0.1) is 6.61 Å². The van der Waals surface area contributed by atoms with Gasteiger partial charge in [-0.3, -0.25) is 4.79 Å². The first-order valence-electron chi connectivity index (χ1n) is 5.70. The van der Waals surface area contributed by atoms with Gasteiger partial charge >= 0.3 is 0 Å². The van der Waals surface area contributed by atoms with Crippen molar-refractivity contribution in [3.63, 3.8) is 0 Å². The monoisotopic (exact) mass is 219 g/mol. The van der Waals surface area contributed by atoms with Crippen LogP contribution in [0.1, 0.15) is 36.5 Å². The normalized spacial score (nSPS) is 14.8. The molecule has 2 rings (SSSR count). The van der Waals surface area contributed by atoms with Crippen molar-refractivity contribution in [1.82, 2.24) is 0 Å². The molecule has 0 saturated heterocycles. The SMILES string of the molecule is CC(=O)c1ccc(OCCC2CC2)cc1N. The second-order valence-corrected chi connectivity index (χ2v) is 4.39. The number of ketones is 1. The first-order valence-corrected chi connectivity index (χ1v) is 5.70. The van der Waals surface area contributed by atoms with Crippen LogP contribution in [0.3, 0.4) is 0 Å². The van der Waals surface area contributed by atoms with Crippen LogP contribution in [0.5, 0.6) is 5.75 Å². The fraction of sp³-hybridized carbons (Fsp3) is 0.462. The van der Waals surface area contributed by atoms with Gasteiger partial charge in [0.1, 0.15) is 5.75 Å². The van der Waals surface area contributed by atoms with Crippen LogP contribution in [0, 0.1) is 5.92 Å². The van der Waals surface area contributed by atoms with Gasteiger partial charge in [0.15, 0.2) is 5.78 Å². The number of hydrogen-bond donors (Lipinski definition) is 1. The second kappa shape index (κ2) is 4.56. The third-order valence-electron chi connectivity index (χ3n) is 2.89. The van der Waals surface area contributed by atoms with Crippen LogP contribution in [0.4, 0.5) is 5.69 Å². The number of hydrogen-bond acceptors (Lipinski definition) is 3. The lowest BCUT2D eigenvalue weighted by atomic mass is 10.1. The van der Waals surface area contributed by atoms with Gasteiger partial charge < -0.3 is 10.5 Å². The molecular weight excluding hydrogens is 202 g/mol. The minimum atomic E-state index is -0.0120. The van der Waals surface area contributed by atoms with Crippen LogP contribution >= 0.6 is 0 Å². The van der Waals surface area contributed by atoms with E-state index in [-0.39, 0.29) is 5.78 Å². The van der Waals surface area contributed by atoms with E-state index in [1.165, 1.54) is 19.8 Å². The number of rotatable bonds is 5. The first kappa shape index (κ1) is 11.0. The molecule has 1 aliphatic rings. The predicted molar refractivity (Wildman–Crippen MR) is 63.7 cm³/mol. The molecule has 3 nitrogen and oxygen atoms in total. The summed E-state index contributed by atoms with van der Waals surface area (Å²) >= 11 is 0. The van der Waals surface area contributed by atoms with E-state index in [0.29, 0.717) is 11.3 Å². The Morgan fingerprint density at radius 1 is 1.50 bits per heavy atom. The number of Topliss-reactive ketones (excluding diaryl/α,β-unsaturated/α-hetero) is 1. The molecule has 1 aromatic rings. The molecule has 0 bridgehead atoms. The lowest BCUT2D eigenvalue weighted by Gasteiger charge is -2.08. The van der Waals surface area contributed by atoms with Crippen LogP contribution in [-0.4, -0.2) is 12.4 Å². The van der Waals surface area contributed by atoms with E-state index in [9.17, 15) is 4.79 Å². The van der Waals surface area contributed by atoms with E-state index in [1.807, 2.05) is 0 Å². The smallest absolute Gasteiger partial charge is 0.161 e. The second-order valence-electron chi connectivity index (χ2n) is 4.39. The van der Waals surface area contributed by atoms with E-state index >= 15 is 0 Å². The van der Waals surface area contributed by atoms with Crippen LogP contribution in [-0.2, 0) is 0 Å². The molecule has 3 heteroatoms. The van der Waals surface area contributed by atoms with Gasteiger partial charge in [-0.15, -0.1) is 0 Å². The number of nitrogen functional groups attached to an aromatic ring is 1. The highest BCUT2D eigenvalue weighted by atomic mass is 16.5. The number of benzene rings is 1. The number of carbonyl (C=O) groups is 1. The van der Waals surface area contributed by atoms with Crippen molar-refractivity contribution in [3.05, 3.63) is 23.8 Å². The zero-order valence-electron chi connectivity index (χ0n) is 9.53. The number of ether oxygens (including phenoxy) is 1. The fourth-order valence-corrected chi connectivity index (χ4v) is 1.70. The zero-order valence-corrected chi connectivity index (χ0v) is 9.53. The average molecular weight is 219 g/mol. The van der Waals surface area contributed by atoms with E-state index in [2.05, 4.69) is 0 Å². The Bertz CT molecular complexity index is 397. The summed E-state index contributed by atoms with van der Waals surface area (Å²) in [6.07, 6.45) is 3.80. The maximum absolute atomic E-state index is 11.2. The summed E-state index contributed by atoms with van der Waals surface area (Å²) in [5.41, 5.74) is 6.83. The van der Waals surface area contributed by atoms with Gasteiger partial charge in [-0.05, 0) is 31.4 Å². The molecule has 1 aliphatic carbocycles. The summed E-state index contributed by atoms with van der Waals surface area (Å²) in [6.45, 7) is 2.25. The third kappa shape index (κ3) is 2.75. The quantitative estimate of drug-likeness (QED) is 0.612. The van der Waals surface area contributed by atoms with Crippen LogP contribution in [0.25, 0.3) is 0 Å². The molecule has 86 valence electrons. The Balaban J connectivity index is 1.93. The third-order valence-corrected chi connectivity index (χ3v) is 2.89. The summed E-state index contributed by atoms with van der Waals surface area (Å²) in [4.78, 5) is 11.2. The number of anilines is 1. The molecule has 0 spiro atoms. The highest BCUT2D eigenvalue weighted by Crippen LogP contribution is 2.32. The van der Waals surface area contributed by atoms with Crippen molar-refractivity contribution >= 4 is 11.5 Å². The Morgan fingerprint density at radius 2 is 2.25 bits per heavy atom. The highest BCUT2D eigenvalue weighted by molar-refractivity contribution is 5.99. The standard InChI is InChI=1S/C13H17NO2/c1-9(15)12-5-4-11(8-13(12)14)16-7-6-10-2-3-10/h4-5,8,10H,2-3,6-7,14H2,1H3. The minimum Gasteiger partial charge on any atom is -0.494 e. The lowest BCUT2D eigenvalue weighted by molar-refractivity contribution is 0.101. The Hall–Kier alpha value is -1.51. The van der Waals surface area contributed by atoms with Crippen LogP contribution in [0.15, 0.2) is 18.2 Å². The lowest BCUT2D eigenvalue weighted by Crippen LogP contribution is -2.02. The van der Waals surface area contributed by atoms with Crippen LogP contribution in [0.2, 0.25) is 0 Å². The first-order chi connectivity index (χ1) is 7.66. The van der Waals surface area contributed by atoms with Gasteiger partial charge in [0.25, 0.3) is 0 Å². The van der Waals surface area contributed by atoms with E-state index < -0.39 is 0 Å². The molecule has 16 heavy (non-hydrogen) atoms. The molecular formula is C13H17NO2. The molecule has 0 radical (unpaired) electrons. The molecule has 1 saturated carbocycles. The van der Waals surface area contributed by atoms with Gasteiger partial charge in [-0.25, -0.2) is 0 Å². The van der Waals surface area contributed by atoms with E-state index in [1.54, 1.807) is 18.2 Å². The molecule has 2 N–H and O–H groups in total. The minimum absolute atomic E-state index is 0.0120. The van der Waals surface area contributed by atoms with Gasteiger partial charge in [-0.1, -0.05) is 12.8 Å². The average Bonchev–Trinajstić information content (AvgIpc) is 3.01. The molecule has 0 heterocycles. The molecule has 0 amide bonds. The van der Waals surface area contributed by atoms with Gasteiger partial charge in [-0.2, -0.15) is 0 Å². The Labute approximate surface area is 95.6 Å². The molecule has 1 fully saturated rings. The summed E-state index contributed by atoms with van der Waals surface area (Å²) in [5.74, 6) is 1.61. The van der Waals surface area contributed by atoms with E-state index in [4.69, 9.17) is 10.5 Å². The molecule has 0 aromatic heterocycles. The fourth-order valence-electron chi connectivity index (χ4n) is 1.70. The van der Waals surface area contributed by atoms with Crippen LogP contribution < -0.4 is 10.5 Å². The molecule has 0 atom stereocenters. The maximum atomic E-state index is 11.2. The Morgan fingerprint density at radius 3 is 2.81 bits per heavy atom. The summed E-state index contributed by atoms with van der Waals surface area (Å²) in [6, 6.07) is 5.26. The predicted octanol–water partition coefficient (Wildman–Crippen LogP) is 2.65. The van der Waals surface area contributed by atoms with Crippen molar-refractivity contribution in [2.75, 3.05) is 12.3 Å². The van der Waals surface area contributed by atoms with Crippen molar-refractivity contribution in [3.8, 4) is 5.75 Å². The zero-order chi connectivity index (χ0) is 11.5.